The van der Waals surface area contributed by atoms with Crippen molar-refractivity contribution in [2.75, 3.05) is 5.75 Å². The van der Waals surface area contributed by atoms with Crippen molar-refractivity contribution in [2.45, 2.75) is 0 Å². The summed E-state index contributed by atoms with van der Waals surface area (Å²) in [5.41, 5.74) is 6.47. The minimum Gasteiger partial charge on any atom is -0.368 e. The van der Waals surface area contributed by atoms with Gasteiger partial charge in [-0.15, -0.1) is 15.6 Å². The first-order valence-corrected chi connectivity index (χ1v) is 6.92. The van der Waals surface area contributed by atoms with Gasteiger partial charge in [0.15, 0.2) is 5.78 Å². The van der Waals surface area contributed by atoms with Crippen molar-refractivity contribution in [2.24, 2.45) is 5.73 Å². The van der Waals surface area contributed by atoms with Gasteiger partial charge >= 0.3 is 0 Å². The summed E-state index contributed by atoms with van der Waals surface area (Å²) in [5, 5.41) is 8.57. The first-order chi connectivity index (χ1) is 7.80. The predicted octanol–water partition coefficient (Wildman–Crippen LogP) is 0.329. The minimum absolute atomic E-state index is 0.213. The third kappa shape index (κ3) is 4.69. The Morgan fingerprint density at radius 1 is 1.65 bits per heavy atom. The second-order valence-corrected chi connectivity index (χ2v) is 5.77. The monoisotopic (exact) mass is 297 g/mol. The van der Waals surface area contributed by atoms with Crippen LogP contribution >= 0.6 is 22.9 Å². The lowest BCUT2D eigenvalue weighted by molar-refractivity contribution is 0.102. The average Bonchev–Trinajstić information content (AvgIpc) is 2.61. The van der Waals surface area contributed by atoms with Crippen molar-refractivity contribution >= 4 is 44.8 Å². The Bertz CT molecular complexity index is 539. The Morgan fingerprint density at radius 3 is 2.76 bits per heavy atom. The summed E-state index contributed by atoms with van der Waals surface area (Å²) in [6.45, 7) is 0. The van der Waals surface area contributed by atoms with E-state index in [0.29, 0.717) is 5.02 Å². The number of carbonyl (C=O) groups excluding carboxylic acids is 1. The number of ketones is 1. The summed E-state index contributed by atoms with van der Waals surface area (Å²) in [5.74, 6) is -2.18. The van der Waals surface area contributed by atoms with Gasteiger partial charge in [0.2, 0.25) is 5.96 Å². The van der Waals surface area contributed by atoms with Crippen LogP contribution in [0.4, 0.5) is 0 Å². The second-order valence-electron chi connectivity index (χ2n) is 2.85. The van der Waals surface area contributed by atoms with Crippen LogP contribution in [0.1, 0.15) is 9.67 Å². The first kappa shape index (κ1) is 13.9. The van der Waals surface area contributed by atoms with E-state index in [-0.39, 0.29) is 4.88 Å². The van der Waals surface area contributed by atoms with E-state index in [2.05, 4.69) is 4.28 Å². The smallest absolute Gasteiger partial charge is 0.295 e. The molecule has 1 aromatic heterocycles. The van der Waals surface area contributed by atoms with Gasteiger partial charge in [-0.05, 0) is 6.07 Å². The maximum atomic E-state index is 11.5. The zero-order valence-corrected chi connectivity index (χ0v) is 10.7. The quantitative estimate of drug-likeness (QED) is 0.311. The number of Topliss-reactive ketones (excluding diaryl/α,β-unsaturated/α-hetero) is 1. The van der Waals surface area contributed by atoms with Gasteiger partial charge in [0, 0.05) is 5.38 Å². The normalized spacial score (nSPS) is 11.1. The number of rotatable bonds is 5. The van der Waals surface area contributed by atoms with E-state index in [4.69, 9.17) is 22.7 Å². The fraction of sp³-hybridized carbons (Fsp3) is 0.143. The molecule has 0 atom stereocenters. The van der Waals surface area contributed by atoms with Gasteiger partial charge in [-0.3, -0.25) is 10.2 Å². The van der Waals surface area contributed by atoms with Crippen molar-refractivity contribution in [3.05, 3.63) is 21.3 Å². The summed E-state index contributed by atoms with van der Waals surface area (Å²) in [7, 11) is -4.13. The Kier molecular flexibility index (Phi) is 4.46. The van der Waals surface area contributed by atoms with Crippen LogP contribution in [0, 0.1) is 5.41 Å². The lowest BCUT2D eigenvalue weighted by Gasteiger charge is -2.03. The zero-order chi connectivity index (χ0) is 13.1. The average molecular weight is 298 g/mol. The number of nitrogens with two attached hydrogens (primary N) is 1. The lowest BCUT2D eigenvalue weighted by Crippen LogP contribution is -2.34. The number of carbonyl (C=O) groups is 1. The van der Waals surface area contributed by atoms with Crippen molar-refractivity contribution in [3.8, 4) is 0 Å². The Balaban J connectivity index is 2.65. The van der Waals surface area contributed by atoms with E-state index in [1.165, 1.54) is 11.4 Å². The highest BCUT2D eigenvalue weighted by Gasteiger charge is 2.20. The molecule has 0 aromatic carbocycles. The van der Waals surface area contributed by atoms with E-state index in [0.717, 1.165) is 11.3 Å². The molecule has 0 radical (unpaired) electrons. The minimum atomic E-state index is -4.13. The maximum Gasteiger partial charge on any atom is 0.295 e. The number of nitrogens with one attached hydrogen (secondary N) is 2. The SMILES string of the molecule is N=C(N)NOS(=O)(=O)CC(=O)c1cc(Cl)cs1. The topological polar surface area (TPSA) is 122 Å². The van der Waals surface area contributed by atoms with Gasteiger partial charge in [-0.1, -0.05) is 11.6 Å². The van der Waals surface area contributed by atoms with E-state index < -0.39 is 27.6 Å². The molecule has 0 aliphatic carbocycles. The van der Waals surface area contributed by atoms with Crippen molar-refractivity contribution in [1.82, 2.24) is 5.48 Å². The molecule has 0 bridgehead atoms. The van der Waals surface area contributed by atoms with Crippen LogP contribution in [0.15, 0.2) is 11.4 Å². The molecule has 0 unspecified atom stereocenters. The summed E-state index contributed by atoms with van der Waals surface area (Å²) in [4.78, 5) is 11.7. The number of guanidine groups is 1. The van der Waals surface area contributed by atoms with Crippen molar-refractivity contribution < 1.29 is 17.5 Å². The summed E-state index contributed by atoms with van der Waals surface area (Å²) < 4.78 is 26.6. The van der Waals surface area contributed by atoms with Crippen LogP contribution in [0.25, 0.3) is 0 Å². The first-order valence-electron chi connectivity index (χ1n) is 4.08. The van der Waals surface area contributed by atoms with E-state index in [1.807, 2.05) is 0 Å². The number of hydrogen-bond acceptors (Lipinski definition) is 6. The Labute approximate surface area is 106 Å². The molecule has 7 nitrogen and oxygen atoms in total. The number of halogens is 1. The Morgan fingerprint density at radius 2 is 2.29 bits per heavy atom. The molecule has 10 heteroatoms. The van der Waals surface area contributed by atoms with Crippen LogP contribution < -0.4 is 11.2 Å². The second kappa shape index (κ2) is 5.45. The van der Waals surface area contributed by atoms with Gasteiger partial charge in [0.1, 0.15) is 5.75 Å². The summed E-state index contributed by atoms with van der Waals surface area (Å²) in [6, 6.07) is 1.36. The third-order valence-corrected chi connectivity index (χ3v) is 3.70. The molecule has 0 spiro atoms. The highest BCUT2D eigenvalue weighted by Crippen LogP contribution is 2.19. The Hall–Kier alpha value is -1.16. The van der Waals surface area contributed by atoms with E-state index in [1.54, 1.807) is 5.48 Å². The lowest BCUT2D eigenvalue weighted by atomic mass is 10.3. The molecule has 0 saturated carbocycles. The summed E-state index contributed by atoms with van der Waals surface area (Å²) >= 11 is 6.63. The van der Waals surface area contributed by atoms with Gasteiger partial charge in [-0.2, -0.15) is 8.42 Å². The molecule has 94 valence electrons. The fourth-order valence-electron chi connectivity index (χ4n) is 0.829. The molecule has 1 aromatic rings. The van der Waals surface area contributed by atoms with Gasteiger partial charge < -0.3 is 5.73 Å². The van der Waals surface area contributed by atoms with Crippen LogP contribution in [0.3, 0.4) is 0 Å². The largest absolute Gasteiger partial charge is 0.368 e. The maximum absolute atomic E-state index is 11.5. The molecule has 17 heavy (non-hydrogen) atoms. The number of hydroxylamine groups is 1. The van der Waals surface area contributed by atoms with Crippen LogP contribution in [-0.4, -0.2) is 25.9 Å². The molecule has 0 saturated heterocycles. The van der Waals surface area contributed by atoms with Gasteiger partial charge in [0.05, 0.1) is 9.90 Å². The fourth-order valence-corrected chi connectivity index (χ4v) is 2.69. The van der Waals surface area contributed by atoms with Gasteiger partial charge in [0.25, 0.3) is 10.1 Å². The van der Waals surface area contributed by atoms with E-state index in [9.17, 15) is 13.2 Å². The van der Waals surface area contributed by atoms with E-state index >= 15 is 0 Å². The molecule has 1 heterocycles. The zero-order valence-electron chi connectivity index (χ0n) is 8.27. The van der Waals surface area contributed by atoms with Crippen molar-refractivity contribution in [1.29, 1.82) is 5.41 Å². The summed E-state index contributed by atoms with van der Waals surface area (Å²) in [6.07, 6.45) is 0. The molecule has 1 rings (SSSR count). The van der Waals surface area contributed by atoms with Crippen LogP contribution in [0.5, 0.6) is 0 Å². The highest BCUT2D eigenvalue weighted by molar-refractivity contribution is 7.87. The molecule has 4 N–H and O–H groups in total. The van der Waals surface area contributed by atoms with Crippen LogP contribution in [-0.2, 0) is 14.4 Å². The predicted molar refractivity (Wildman–Crippen MR) is 63.6 cm³/mol. The molecular formula is C7H8ClN3O4S2. The molecule has 0 aliphatic rings. The third-order valence-electron chi connectivity index (χ3n) is 1.43. The van der Waals surface area contributed by atoms with Crippen LogP contribution in [0.2, 0.25) is 5.02 Å². The number of thiophene rings is 1. The molecule has 0 fully saturated rings. The van der Waals surface area contributed by atoms with Gasteiger partial charge in [-0.25, -0.2) is 5.48 Å². The van der Waals surface area contributed by atoms with Crippen molar-refractivity contribution in [3.63, 3.8) is 0 Å². The molecular weight excluding hydrogens is 290 g/mol. The number of hydrogen-bond donors (Lipinski definition) is 3. The standard InChI is InChI=1S/C7H8ClN3O4S2/c8-4-1-6(16-2-4)5(12)3-17(13,14)15-11-7(9)10/h1-2H,3H2,(H4,9,10,11). The molecule has 0 aliphatic heterocycles. The highest BCUT2D eigenvalue weighted by atomic mass is 35.5. The molecule has 0 amide bonds.